The predicted molar refractivity (Wildman–Crippen MR) is 71.6 cm³/mol. The standard InChI is InChI=1S/C13H17N3S/c1-9-4-7-14-11-10(9)15-12(17)16(11)8-13(2)5-3-6-13/h4,7H,3,5-6,8H2,1-2H3,(H,15,17). The fraction of sp³-hybridized carbons (Fsp3) is 0.538. The average molecular weight is 247 g/mol. The molecule has 0 bridgehead atoms. The van der Waals surface area contributed by atoms with Crippen molar-refractivity contribution < 1.29 is 0 Å². The van der Waals surface area contributed by atoms with Crippen LogP contribution in [-0.4, -0.2) is 14.5 Å². The van der Waals surface area contributed by atoms with Gasteiger partial charge in [-0.15, -0.1) is 0 Å². The van der Waals surface area contributed by atoms with Crippen molar-refractivity contribution in [2.45, 2.75) is 39.7 Å². The van der Waals surface area contributed by atoms with Gasteiger partial charge in [0.15, 0.2) is 10.4 Å². The first kappa shape index (κ1) is 11.0. The van der Waals surface area contributed by atoms with E-state index in [0.717, 1.165) is 22.5 Å². The van der Waals surface area contributed by atoms with E-state index in [1.54, 1.807) is 0 Å². The summed E-state index contributed by atoms with van der Waals surface area (Å²) < 4.78 is 2.96. The van der Waals surface area contributed by atoms with Crippen LogP contribution in [0.25, 0.3) is 11.2 Å². The van der Waals surface area contributed by atoms with Gasteiger partial charge in [-0.2, -0.15) is 0 Å². The Morgan fingerprint density at radius 3 is 2.94 bits per heavy atom. The van der Waals surface area contributed by atoms with Crippen LogP contribution in [0.4, 0.5) is 0 Å². The Labute approximate surface area is 106 Å². The summed E-state index contributed by atoms with van der Waals surface area (Å²) in [5.41, 5.74) is 3.71. The maximum atomic E-state index is 5.42. The van der Waals surface area contributed by atoms with Gasteiger partial charge in [0.2, 0.25) is 0 Å². The van der Waals surface area contributed by atoms with E-state index in [0.29, 0.717) is 5.41 Å². The predicted octanol–water partition coefficient (Wildman–Crippen LogP) is 3.59. The number of pyridine rings is 1. The molecule has 1 aliphatic carbocycles. The number of aromatic amines is 1. The maximum absolute atomic E-state index is 5.42. The first-order chi connectivity index (χ1) is 8.09. The molecule has 1 saturated carbocycles. The molecule has 1 fully saturated rings. The molecule has 3 nitrogen and oxygen atoms in total. The zero-order chi connectivity index (χ0) is 12.0. The number of hydrogen-bond acceptors (Lipinski definition) is 2. The van der Waals surface area contributed by atoms with Crippen molar-refractivity contribution in [3.63, 3.8) is 0 Å². The second-order valence-corrected chi connectivity index (χ2v) is 5.89. The summed E-state index contributed by atoms with van der Waals surface area (Å²) in [4.78, 5) is 7.75. The number of H-pyrrole nitrogens is 1. The molecule has 0 aromatic carbocycles. The summed E-state index contributed by atoms with van der Waals surface area (Å²) in [5.74, 6) is 0. The molecule has 0 radical (unpaired) electrons. The number of aromatic nitrogens is 3. The number of rotatable bonds is 2. The second kappa shape index (κ2) is 3.67. The largest absolute Gasteiger partial charge is 0.329 e. The van der Waals surface area contributed by atoms with Gasteiger partial charge in [-0.1, -0.05) is 13.3 Å². The molecule has 0 aliphatic heterocycles. The van der Waals surface area contributed by atoms with E-state index in [1.807, 2.05) is 12.3 Å². The summed E-state index contributed by atoms with van der Waals surface area (Å²) in [7, 11) is 0. The van der Waals surface area contributed by atoms with E-state index in [2.05, 4.69) is 28.4 Å². The summed E-state index contributed by atoms with van der Waals surface area (Å²) >= 11 is 5.42. The Hall–Kier alpha value is -1.16. The first-order valence-electron chi connectivity index (χ1n) is 6.13. The third-order valence-electron chi connectivity index (χ3n) is 3.97. The van der Waals surface area contributed by atoms with Crippen LogP contribution >= 0.6 is 12.2 Å². The van der Waals surface area contributed by atoms with Crippen LogP contribution in [0.1, 0.15) is 31.7 Å². The van der Waals surface area contributed by atoms with E-state index in [-0.39, 0.29) is 0 Å². The number of hydrogen-bond donors (Lipinski definition) is 1. The lowest BCUT2D eigenvalue weighted by Gasteiger charge is -2.38. The quantitative estimate of drug-likeness (QED) is 0.823. The molecule has 2 aromatic rings. The molecule has 2 aromatic heterocycles. The van der Waals surface area contributed by atoms with Gasteiger partial charge < -0.3 is 9.55 Å². The number of nitrogens with zero attached hydrogens (tertiary/aromatic N) is 2. The highest BCUT2D eigenvalue weighted by Crippen LogP contribution is 2.42. The number of nitrogens with one attached hydrogen (secondary N) is 1. The molecular formula is C13H17N3S. The van der Waals surface area contributed by atoms with Crippen LogP contribution in [0.2, 0.25) is 0 Å². The van der Waals surface area contributed by atoms with Crippen molar-refractivity contribution in [2.24, 2.45) is 5.41 Å². The summed E-state index contributed by atoms with van der Waals surface area (Å²) in [6.07, 6.45) is 5.80. The van der Waals surface area contributed by atoms with Crippen molar-refractivity contribution in [2.75, 3.05) is 0 Å². The number of imidazole rings is 1. The molecule has 4 heteroatoms. The van der Waals surface area contributed by atoms with Gasteiger partial charge in [-0.25, -0.2) is 4.98 Å². The fourth-order valence-electron chi connectivity index (χ4n) is 2.64. The SMILES string of the molecule is Cc1ccnc2c1[nH]c(=S)n2CC1(C)CCC1. The maximum Gasteiger partial charge on any atom is 0.179 e. The lowest BCUT2D eigenvalue weighted by Crippen LogP contribution is -2.30. The number of aryl methyl sites for hydroxylation is 1. The molecule has 1 N–H and O–H groups in total. The highest BCUT2D eigenvalue weighted by Gasteiger charge is 2.32. The fourth-order valence-corrected chi connectivity index (χ4v) is 2.89. The Morgan fingerprint density at radius 2 is 2.29 bits per heavy atom. The van der Waals surface area contributed by atoms with Crippen molar-refractivity contribution in [3.05, 3.63) is 22.6 Å². The van der Waals surface area contributed by atoms with Gasteiger partial charge in [0.05, 0.1) is 5.52 Å². The van der Waals surface area contributed by atoms with Gasteiger partial charge >= 0.3 is 0 Å². The topological polar surface area (TPSA) is 33.6 Å². The summed E-state index contributed by atoms with van der Waals surface area (Å²) in [5, 5.41) is 0. The van der Waals surface area contributed by atoms with Crippen LogP contribution in [-0.2, 0) is 6.54 Å². The van der Waals surface area contributed by atoms with Crippen LogP contribution in [0.15, 0.2) is 12.3 Å². The summed E-state index contributed by atoms with van der Waals surface area (Å²) in [6, 6.07) is 2.02. The highest BCUT2D eigenvalue weighted by molar-refractivity contribution is 7.71. The van der Waals surface area contributed by atoms with Crippen molar-refractivity contribution >= 4 is 23.4 Å². The van der Waals surface area contributed by atoms with Crippen LogP contribution in [0, 0.1) is 17.1 Å². The third kappa shape index (κ3) is 1.71. The third-order valence-corrected chi connectivity index (χ3v) is 4.29. The molecule has 2 heterocycles. The van der Waals surface area contributed by atoms with Crippen molar-refractivity contribution in [3.8, 4) is 0 Å². The molecule has 0 atom stereocenters. The molecule has 90 valence electrons. The van der Waals surface area contributed by atoms with E-state index in [1.165, 1.54) is 24.8 Å². The molecule has 17 heavy (non-hydrogen) atoms. The van der Waals surface area contributed by atoms with Crippen LogP contribution in [0.3, 0.4) is 0 Å². The molecule has 0 saturated heterocycles. The smallest absolute Gasteiger partial charge is 0.179 e. The Bertz CT molecular complexity index is 619. The van der Waals surface area contributed by atoms with E-state index < -0.39 is 0 Å². The molecule has 3 rings (SSSR count). The van der Waals surface area contributed by atoms with E-state index in [9.17, 15) is 0 Å². The highest BCUT2D eigenvalue weighted by atomic mass is 32.1. The average Bonchev–Trinajstić information content (AvgIpc) is 2.56. The van der Waals surface area contributed by atoms with E-state index >= 15 is 0 Å². The minimum absolute atomic E-state index is 0.415. The second-order valence-electron chi connectivity index (χ2n) is 5.51. The molecular weight excluding hydrogens is 230 g/mol. The van der Waals surface area contributed by atoms with Crippen LogP contribution in [0.5, 0.6) is 0 Å². The molecule has 0 unspecified atom stereocenters. The van der Waals surface area contributed by atoms with Gasteiger partial charge in [0.1, 0.15) is 0 Å². The zero-order valence-electron chi connectivity index (χ0n) is 10.3. The molecule has 0 amide bonds. The van der Waals surface area contributed by atoms with Gasteiger partial charge in [0.25, 0.3) is 0 Å². The Morgan fingerprint density at radius 1 is 1.53 bits per heavy atom. The van der Waals surface area contributed by atoms with E-state index in [4.69, 9.17) is 12.2 Å². The Balaban J connectivity index is 2.12. The van der Waals surface area contributed by atoms with Crippen molar-refractivity contribution in [1.82, 2.24) is 14.5 Å². The lowest BCUT2D eigenvalue weighted by atomic mass is 9.70. The normalized spacial score (nSPS) is 18.2. The minimum atomic E-state index is 0.415. The molecule has 0 spiro atoms. The molecule has 1 aliphatic rings. The monoisotopic (exact) mass is 247 g/mol. The number of fused-ring (bicyclic) bond motifs is 1. The van der Waals surface area contributed by atoms with Gasteiger partial charge in [0, 0.05) is 12.7 Å². The minimum Gasteiger partial charge on any atom is -0.329 e. The van der Waals surface area contributed by atoms with Gasteiger partial charge in [-0.05, 0) is 49.0 Å². The summed E-state index contributed by atoms with van der Waals surface area (Å²) in [6.45, 7) is 5.42. The van der Waals surface area contributed by atoms with Gasteiger partial charge in [-0.3, -0.25) is 0 Å². The zero-order valence-corrected chi connectivity index (χ0v) is 11.1. The van der Waals surface area contributed by atoms with Crippen LogP contribution < -0.4 is 0 Å². The first-order valence-corrected chi connectivity index (χ1v) is 6.54. The lowest BCUT2D eigenvalue weighted by molar-refractivity contribution is 0.133. The Kier molecular flexibility index (Phi) is 2.36. The van der Waals surface area contributed by atoms with Crippen molar-refractivity contribution in [1.29, 1.82) is 0 Å².